The molecule has 60 heavy (non-hydrogen) atoms. The number of aryl methyl sites for hydroxylation is 1. The predicted octanol–water partition coefficient (Wildman–Crippen LogP) is 6.71. The van der Waals surface area contributed by atoms with Gasteiger partial charge in [0.15, 0.2) is 0 Å². The number of imide groups is 1. The Balaban J connectivity index is 1.50. The van der Waals surface area contributed by atoms with Crippen molar-refractivity contribution in [3.63, 3.8) is 0 Å². The van der Waals surface area contributed by atoms with Gasteiger partial charge in [-0.05, 0) is 86.2 Å². The van der Waals surface area contributed by atoms with Crippen molar-refractivity contribution in [2.24, 2.45) is 17.8 Å². The molecule has 0 unspecified atom stereocenters. The van der Waals surface area contributed by atoms with Gasteiger partial charge in [0.05, 0.1) is 13.2 Å². The summed E-state index contributed by atoms with van der Waals surface area (Å²) in [6, 6.07) is 24.9. The molecular formula is C49H67N5O6. The molecule has 0 aliphatic carbocycles. The second kappa shape index (κ2) is 22.9. The standard InChI is InChI=1S/C49H67N5O6/c1-32(2)28-40(51-48(58)41(29-33(3)4)52-49(59)46(34(5)6)53(7)8)47(57)50-39(25-22-35-16-12-10-13-17-35)26-27-44(55)54-42(43(60-9)31-45(54)56)30-36-20-23-38(24-21-36)37-18-14-11-15-19-37/h10-21,23-24,31-34,39-42,46H,22,25-30H2,1-9H3,(H,50,57)(H,51,58)(H,52,59)/t39-,40-,41-,42-,46-/m0/s1. The number of benzene rings is 3. The highest BCUT2D eigenvalue weighted by Crippen LogP contribution is 2.27. The number of hydrogen-bond acceptors (Lipinski definition) is 7. The van der Waals surface area contributed by atoms with Crippen LogP contribution in [0.4, 0.5) is 0 Å². The summed E-state index contributed by atoms with van der Waals surface area (Å²) in [5, 5.41) is 9.14. The second-order valence-corrected chi connectivity index (χ2v) is 17.4. The van der Waals surface area contributed by atoms with E-state index in [1.165, 1.54) is 18.1 Å². The van der Waals surface area contributed by atoms with Crippen LogP contribution in [0.1, 0.15) is 84.8 Å². The number of rotatable bonds is 22. The lowest BCUT2D eigenvalue weighted by Gasteiger charge is -2.30. The minimum Gasteiger partial charge on any atom is -0.499 e. The smallest absolute Gasteiger partial charge is 0.257 e. The van der Waals surface area contributed by atoms with Crippen molar-refractivity contribution >= 4 is 29.5 Å². The van der Waals surface area contributed by atoms with Crippen molar-refractivity contribution in [3.8, 4) is 11.1 Å². The van der Waals surface area contributed by atoms with Crippen LogP contribution in [-0.4, -0.2) is 90.8 Å². The molecule has 0 fully saturated rings. The molecule has 1 aliphatic heterocycles. The Morgan fingerprint density at radius 3 is 1.75 bits per heavy atom. The van der Waals surface area contributed by atoms with Gasteiger partial charge in [-0.2, -0.15) is 0 Å². The average Bonchev–Trinajstić information content (AvgIpc) is 3.52. The van der Waals surface area contributed by atoms with Crippen LogP contribution in [0.25, 0.3) is 11.1 Å². The Morgan fingerprint density at radius 1 is 0.683 bits per heavy atom. The zero-order valence-electron chi connectivity index (χ0n) is 37.1. The molecule has 3 aromatic carbocycles. The fourth-order valence-electron chi connectivity index (χ4n) is 8.00. The van der Waals surface area contributed by atoms with Crippen LogP contribution in [0, 0.1) is 17.8 Å². The Bertz CT molecular complexity index is 1890. The van der Waals surface area contributed by atoms with Gasteiger partial charge in [-0.3, -0.25) is 33.8 Å². The Kier molecular flexibility index (Phi) is 18.1. The fourth-order valence-corrected chi connectivity index (χ4v) is 8.00. The van der Waals surface area contributed by atoms with Gasteiger partial charge in [-0.25, -0.2) is 0 Å². The molecule has 5 amide bonds. The average molecular weight is 822 g/mol. The lowest BCUT2D eigenvalue weighted by Crippen LogP contribution is -2.58. The molecule has 3 aromatic rings. The van der Waals surface area contributed by atoms with Gasteiger partial charge in [0.25, 0.3) is 5.91 Å². The fraction of sp³-hybridized carbons (Fsp3) is 0.490. The first-order chi connectivity index (χ1) is 28.6. The first kappa shape index (κ1) is 47.4. The Labute approximate surface area is 357 Å². The topological polar surface area (TPSA) is 137 Å². The summed E-state index contributed by atoms with van der Waals surface area (Å²) in [4.78, 5) is 72.1. The summed E-state index contributed by atoms with van der Waals surface area (Å²) in [5.74, 6) is -1.18. The van der Waals surface area contributed by atoms with Gasteiger partial charge in [0.1, 0.15) is 23.9 Å². The molecule has 0 saturated heterocycles. The SMILES string of the molecule is COC1=CC(=O)N(C(=O)CC[C@H](CCc2ccccc2)NC(=O)[C@H](CC(C)C)NC(=O)[C@H](CC(C)C)NC(=O)[C@H](C(C)C)N(C)C)[C@H]1Cc1ccc(-c2ccccc2)cc1. The van der Waals surface area contributed by atoms with Gasteiger partial charge >= 0.3 is 0 Å². The molecule has 0 bridgehead atoms. The summed E-state index contributed by atoms with van der Waals surface area (Å²) < 4.78 is 5.62. The molecule has 0 aromatic heterocycles. The maximum atomic E-state index is 14.2. The number of amides is 5. The van der Waals surface area contributed by atoms with E-state index in [0.29, 0.717) is 37.9 Å². The van der Waals surface area contributed by atoms with Crippen molar-refractivity contribution in [3.05, 3.63) is 108 Å². The number of hydrogen-bond donors (Lipinski definition) is 3. The van der Waals surface area contributed by atoms with Crippen LogP contribution in [0.15, 0.2) is 96.8 Å². The zero-order valence-corrected chi connectivity index (χ0v) is 37.1. The summed E-state index contributed by atoms with van der Waals surface area (Å²) in [6.45, 7) is 11.9. The van der Waals surface area contributed by atoms with Crippen LogP contribution in [-0.2, 0) is 41.6 Å². The van der Waals surface area contributed by atoms with Crippen LogP contribution >= 0.6 is 0 Å². The quantitative estimate of drug-likeness (QED) is 0.103. The molecule has 1 heterocycles. The number of likely N-dealkylation sites (N-methyl/N-ethyl adjacent to an activating group) is 1. The normalized spacial score (nSPS) is 16.1. The van der Waals surface area contributed by atoms with Crippen molar-refractivity contribution in [2.75, 3.05) is 21.2 Å². The number of carbonyl (C=O) groups is 5. The molecule has 4 rings (SSSR count). The molecule has 3 N–H and O–H groups in total. The van der Waals surface area contributed by atoms with Crippen LogP contribution in [0.2, 0.25) is 0 Å². The number of nitrogens with zero attached hydrogens (tertiary/aromatic N) is 2. The number of ether oxygens (including phenoxy) is 1. The largest absolute Gasteiger partial charge is 0.499 e. The van der Waals surface area contributed by atoms with Gasteiger partial charge < -0.3 is 20.7 Å². The highest BCUT2D eigenvalue weighted by Gasteiger charge is 2.39. The molecule has 0 radical (unpaired) electrons. The van der Waals surface area contributed by atoms with E-state index in [0.717, 1.165) is 22.3 Å². The van der Waals surface area contributed by atoms with E-state index in [2.05, 4.69) is 16.0 Å². The van der Waals surface area contributed by atoms with E-state index in [1.807, 2.05) is 145 Å². The van der Waals surface area contributed by atoms with Crippen molar-refractivity contribution < 1.29 is 28.7 Å². The summed E-state index contributed by atoms with van der Waals surface area (Å²) in [6.07, 6.45) is 4.01. The highest BCUT2D eigenvalue weighted by atomic mass is 16.5. The van der Waals surface area contributed by atoms with Crippen LogP contribution in [0.5, 0.6) is 0 Å². The predicted molar refractivity (Wildman–Crippen MR) is 237 cm³/mol. The Hall–Kier alpha value is -5.29. The molecule has 1 aliphatic rings. The molecule has 0 spiro atoms. The molecular weight excluding hydrogens is 755 g/mol. The number of carbonyl (C=O) groups excluding carboxylic acids is 5. The lowest BCUT2D eigenvalue weighted by molar-refractivity contribution is -0.143. The third kappa shape index (κ3) is 13.9. The minimum absolute atomic E-state index is 0.00630. The van der Waals surface area contributed by atoms with E-state index >= 15 is 0 Å². The minimum atomic E-state index is -0.875. The first-order valence-corrected chi connectivity index (χ1v) is 21.4. The van der Waals surface area contributed by atoms with E-state index in [4.69, 9.17) is 4.74 Å². The molecule has 5 atom stereocenters. The highest BCUT2D eigenvalue weighted by molar-refractivity contribution is 6.04. The number of methoxy groups -OCH3 is 1. The van der Waals surface area contributed by atoms with Gasteiger partial charge in [-0.1, -0.05) is 126 Å². The van der Waals surface area contributed by atoms with Gasteiger partial charge in [-0.15, -0.1) is 0 Å². The molecule has 0 saturated carbocycles. The Morgan fingerprint density at radius 2 is 1.22 bits per heavy atom. The van der Waals surface area contributed by atoms with E-state index < -0.39 is 42.0 Å². The summed E-state index contributed by atoms with van der Waals surface area (Å²) in [7, 11) is 5.19. The van der Waals surface area contributed by atoms with E-state index in [-0.39, 0.29) is 48.3 Å². The third-order valence-electron chi connectivity index (χ3n) is 11.0. The van der Waals surface area contributed by atoms with Crippen molar-refractivity contribution in [1.82, 2.24) is 25.8 Å². The maximum absolute atomic E-state index is 14.2. The zero-order chi connectivity index (χ0) is 43.9. The molecule has 11 nitrogen and oxygen atoms in total. The maximum Gasteiger partial charge on any atom is 0.257 e. The third-order valence-corrected chi connectivity index (χ3v) is 11.0. The van der Waals surface area contributed by atoms with Crippen LogP contribution < -0.4 is 16.0 Å². The van der Waals surface area contributed by atoms with Gasteiger partial charge in [0, 0.05) is 25.0 Å². The molecule has 324 valence electrons. The first-order valence-electron chi connectivity index (χ1n) is 21.4. The second-order valence-electron chi connectivity index (χ2n) is 17.4. The van der Waals surface area contributed by atoms with E-state index in [9.17, 15) is 24.0 Å². The van der Waals surface area contributed by atoms with Crippen molar-refractivity contribution in [2.45, 2.75) is 117 Å². The van der Waals surface area contributed by atoms with Crippen LogP contribution in [0.3, 0.4) is 0 Å². The summed E-state index contributed by atoms with van der Waals surface area (Å²) >= 11 is 0. The van der Waals surface area contributed by atoms with Crippen molar-refractivity contribution in [1.29, 1.82) is 0 Å². The molecule has 11 heteroatoms. The summed E-state index contributed by atoms with van der Waals surface area (Å²) in [5.41, 5.74) is 4.20. The monoisotopic (exact) mass is 822 g/mol. The lowest BCUT2D eigenvalue weighted by atomic mass is 9.97. The van der Waals surface area contributed by atoms with Gasteiger partial charge in [0.2, 0.25) is 23.6 Å². The van der Waals surface area contributed by atoms with E-state index in [1.54, 1.807) is 0 Å². The number of nitrogens with one attached hydrogen (secondary N) is 3.